The van der Waals surface area contributed by atoms with Crippen molar-refractivity contribution >= 4 is 7.82 Å². The van der Waals surface area contributed by atoms with Gasteiger partial charge in [0.15, 0.2) is 0 Å². The smallest absolute Gasteiger partial charge is 0.822 e. The minimum Gasteiger partial charge on any atom is -0.822 e. The van der Waals surface area contributed by atoms with Gasteiger partial charge in [-0.25, -0.2) is 0 Å². The summed E-state index contributed by atoms with van der Waals surface area (Å²) in [5.41, 5.74) is 0. The van der Waals surface area contributed by atoms with Crippen LogP contribution in [0.2, 0.25) is 0 Å². The van der Waals surface area contributed by atoms with Crippen LogP contribution in [0.4, 0.5) is 0 Å². The predicted molar refractivity (Wildman–Crippen MR) is 63.0 cm³/mol. The maximum Gasteiger partial charge on any atom is 2.00 e. The summed E-state index contributed by atoms with van der Waals surface area (Å²) in [5, 5.41) is 47.5. The van der Waals surface area contributed by atoms with Crippen LogP contribution in [0.1, 0.15) is 0 Å². The zero-order chi connectivity index (χ0) is 17.4. The van der Waals surface area contributed by atoms with Crippen LogP contribution in [0.25, 0.3) is 0 Å². The van der Waals surface area contributed by atoms with Crippen LogP contribution in [0.3, 0.4) is 0 Å². The van der Waals surface area contributed by atoms with Crippen molar-refractivity contribution in [2.75, 3.05) is 19.8 Å². The normalized spacial score (nSPS) is 12.3. The summed E-state index contributed by atoms with van der Waals surface area (Å²) >= 11 is 0. The average Bonchev–Trinajstić information content (AvgIpc) is 2.28. The molecule has 0 fully saturated rings. The number of hydrogen-bond donors (Lipinski definition) is 6. The number of phosphoric acid groups is 1. The standard InChI is InChI=1S/3C3H7O2.H3O4P.3Zn/c3*1-3(5)2-4;1-5(2,3)4;;;/h3*3-5H,1-2H2;(H3,1,2,3,4);;;/q3*-1;;3*+2/p-3. The monoisotopic (exact) mass is 512 g/mol. The van der Waals surface area contributed by atoms with E-state index >= 15 is 0 Å². The third-order valence-electron chi connectivity index (χ3n) is 0.632. The van der Waals surface area contributed by atoms with Crippen molar-refractivity contribution < 1.29 is 108 Å². The quantitative estimate of drug-likeness (QED) is 0.119. The number of aliphatic hydroxyl groups excluding tert-OH is 6. The molecular formula is C9H21O10PZn3. The molecule has 3 unspecified atom stereocenters. The largest absolute Gasteiger partial charge is 2.00 e. The Morgan fingerprint density at radius 3 is 0.739 bits per heavy atom. The first-order valence-corrected chi connectivity index (χ1v) is 6.36. The molecule has 0 radical (unpaired) electrons. The SMILES string of the molecule is O=P([O-])([O-])[O-].[CH2-]C(O)CO.[CH2-]C(O)CO.[CH2-]C(O)CO.[Zn+2].[Zn+2].[Zn+2]. The molecule has 0 amide bonds. The van der Waals surface area contributed by atoms with Crippen LogP contribution < -0.4 is 14.7 Å². The fourth-order valence-electron chi connectivity index (χ4n) is 0. The van der Waals surface area contributed by atoms with Crippen molar-refractivity contribution in [2.24, 2.45) is 0 Å². The molecule has 0 bridgehead atoms. The summed E-state index contributed by atoms with van der Waals surface area (Å²) in [6.45, 7) is 8.44. The first-order chi connectivity index (χ1) is 8.81. The summed E-state index contributed by atoms with van der Waals surface area (Å²) < 4.78 is 8.55. The van der Waals surface area contributed by atoms with Crippen LogP contribution in [-0.2, 0) is 63.0 Å². The first kappa shape index (κ1) is 44.3. The van der Waals surface area contributed by atoms with Crippen molar-refractivity contribution in [3.8, 4) is 0 Å². The van der Waals surface area contributed by atoms with Gasteiger partial charge in [0.1, 0.15) is 0 Å². The Morgan fingerprint density at radius 2 is 0.739 bits per heavy atom. The predicted octanol–water partition coefficient (Wildman–Crippen LogP) is -5.31. The van der Waals surface area contributed by atoms with E-state index in [1.54, 1.807) is 0 Å². The Labute approximate surface area is 174 Å². The second-order valence-electron chi connectivity index (χ2n) is 2.96. The zero-order valence-electron chi connectivity index (χ0n) is 12.9. The second kappa shape index (κ2) is 31.5. The Morgan fingerprint density at radius 1 is 0.696 bits per heavy atom. The molecule has 0 aromatic carbocycles. The Hall–Kier alpha value is 1.74. The Balaban J connectivity index is -0.0000000284. The fraction of sp³-hybridized carbons (Fsp3) is 0.667. The van der Waals surface area contributed by atoms with E-state index in [0.29, 0.717) is 0 Å². The van der Waals surface area contributed by atoms with Gasteiger partial charge in [-0.3, -0.25) is 0 Å². The van der Waals surface area contributed by atoms with Gasteiger partial charge < -0.3 is 70.7 Å². The summed E-state index contributed by atoms with van der Waals surface area (Å²) in [4.78, 5) is 25.6. The third kappa shape index (κ3) is 187. The van der Waals surface area contributed by atoms with Crippen molar-refractivity contribution in [1.82, 2.24) is 0 Å². The third-order valence-corrected chi connectivity index (χ3v) is 0.632. The van der Waals surface area contributed by atoms with E-state index in [2.05, 4.69) is 20.8 Å². The van der Waals surface area contributed by atoms with Gasteiger partial charge in [0.25, 0.3) is 0 Å². The molecule has 0 aromatic heterocycles. The Bertz CT molecular complexity index is 188. The van der Waals surface area contributed by atoms with Gasteiger partial charge in [0.2, 0.25) is 0 Å². The van der Waals surface area contributed by atoms with E-state index in [-0.39, 0.29) is 78.3 Å². The molecule has 0 aliphatic carbocycles. The zero-order valence-corrected chi connectivity index (χ0v) is 22.7. The minimum absolute atomic E-state index is 0. The van der Waals surface area contributed by atoms with Crippen molar-refractivity contribution in [3.63, 3.8) is 0 Å². The topological polar surface area (TPSA) is 208 Å². The summed E-state index contributed by atoms with van der Waals surface area (Å²) in [5.74, 6) is 0. The van der Waals surface area contributed by atoms with E-state index in [1.165, 1.54) is 0 Å². The molecule has 128 valence electrons. The van der Waals surface area contributed by atoms with E-state index in [0.717, 1.165) is 0 Å². The number of aliphatic hydroxyl groups is 6. The molecule has 0 heterocycles. The average molecular weight is 516 g/mol. The van der Waals surface area contributed by atoms with Crippen LogP contribution in [0.15, 0.2) is 0 Å². The second-order valence-corrected chi connectivity index (χ2v) is 3.85. The Kier molecular flexibility index (Phi) is 60.7. The van der Waals surface area contributed by atoms with Crippen LogP contribution >= 0.6 is 7.82 Å². The van der Waals surface area contributed by atoms with E-state index in [4.69, 9.17) is 49.9 Å². The molecule has 10 nitrogen and oxygen atoms in total. The molecule has 0 aliphatic rings. The maximum atomic E-state index is 8.55. The van der Waals surface area contributed by atoms with Gasteiger partial charge >= 0.3 is 58.4 Å². The molecule has 23 heavy (non-hydrogen) atoms. The fourth-order valence-corrected chi connectivity index (χ4v) is 0. The van der Waals surface area contributed by atoms with Crippen molar-refractivity contribution in [2.45, 2.75) is 18.3 Å². The van der Waals surface area contributed by atoms with Gasteiger partial charge in [-0.2, -0.15) is 7.82 Å². The molecule has 0 rings (SSSR count). The van der Waals surface area contributed by atoms with E-state index in [9.17, 15) is 0 Å². The van der Waals surface area contributed by atoms with Crippen LogP contribution in [-0.4, -0.2) is 68.8 Å². The molecule has 14 heteroatoms. The summed E-state index contributed by atoms with van der Waals surface area (Å²) in [7, 11) is -5.39. The molecular weight excluding hydrogens is 495 g/mol. The van der Waals surface area contributed by atoms with Crippen molar-refractivity contribution in [3.05, 3.63) is 20.8 Å². The number of hydrogen-bond acceptors (Lipinski definition) is 10. The molecule has 3 atom stereocenters. The van der Waals surface area contributed by atoms with Crippen molar-refractivity contribution in [1.29, 1.82) is 0 Å². The van der Waals surface area contributed by atoms with Gasteiger partial charge in [-0.15, -0.1) is 0 Å². The van der Waals surface area contributed by atoms with E-state index in [1.807, 2.05) is 0 Å². The van der Waals surface area contributed by atoms with Gasteiger partial charge in [0, 0.05) is 19.8 Å². The molecule has 6 N–H and O–H groups in total. The number of rotatable bonds is 3. The van der Waals surface area contributed by atoms with Crippen LogP contribution in [0, 0.1) is 20.8 Å². The van der Waals surface area contributed by atoms with Crippen LogP contribution in [0.5, 0.6) is 0 Å². The maximum absolute atomic E-state index is 8.55. The van der Waals surface area contributed by atoms with Gasteiger partial charge in [-0.1, -0.05) is 0 Å². The summed E-state index contributed by atoms with van der Waals surface area (Å²) in [6.07, 6.45) is -2.43. The molecule has 0 saturated heterocycles. The van der Waals surface area contributed by atoms with E-state index < -0.39 is 26.1 Å². The molecule has 0 spiro atoms. The first-order valence-electron chi connectivity index (χ1n) is 4.90. The van der Waals surface area contributed by atoms with Gasteiger partial charge in [0.05, 0.1) is 0 Å². The molecule has 0 aromatic rings. The summed E-state index contributed by atoms with van der Waals surface area (Å²) in [6, 6.07) is 0. The van der Waals surface area contributed by atoms with Gasteiger partial charge in [-0.05, 0) is 18.3 Å². The minimum atomic E-state index is -5.39. The molecule has 0 aliphatic heterocycles. The molecule has 0 saturated carbocycles.